The summed E-state index contributed by atoms with van der Waals surface area (Å²) in [4.78, 5) is 0. The first-order valence-corrected chi connectivity index (χ1v) is 6.88. The molecule has 1 aromatic rings. The minimum absolute atomic E-state index is 0.280. The third kappa shape index (κ3) is 2.83. The van der Waals surface area contributed by atoms with Gasteiger partial charge in [0.1, 0.15) is 0 Å². The van der Waals surface area contributed by atoms with Crippen molar-refractivity contribution in [1.29, 1.82) is 0 Å². The predicted molar refractivity (Wildman–Crippen MR) is 69.3 cm³/mol. The molecule has 2 rings (SSSR count). The molecule has 1 fully saturated rings. The van der Waals surface area contributed by atoms with Gasteiger partial charge in [-0.05, 0) is 18.8 Å². The normalized spacial score (nSPS) is 18.1. The quantitative estimate of drug-likeness (QED) is 0.880. The van der Waals surface area contributed by atoms with Crippen molar-refractivity contribution in [2.24, 2.45) is 13.0 Å². The smallest absolute Gasteiger partial charge is 0.0850 e. The van der Waals surface area contributed by atoms with Gasteiger partial charge in [-0.2, -0.15) is 5.10 Å². The molecule has 0 aromatic carbocycles. The van der Waals surface area contributed by atoms with Crippen molar-refractivity contribution >= 4 is 11.6 Å². The van der Waals surface area contributed by atoms with E-state index in [4.69, 9.17) is 11.6 Å². The van der Waals surface area contributed by atoms with Crippen LogP contribution in [-0.4, -0.2) is 21.0 Å². The van der Waals surface area contributed by atoms with Gasteiger partial charge in [0.15, 0.2) is 0 Å². The van der Waals surface area contributed by atoms with Crippen LogP contribution in [0.3, 0.4) is 0 Å². The predicted octanol–water partition coefficient (Wildman–Crippen LogP) is 2.73. The molecular weight excluding hydrogens is 236 g/mol. The zero-order valence-corrected chi connectivity index (χ0v) is 11.4. The number of aliphatic hydroxyl groups is 1. The highest BCUT2D eigenvalue weighted by molar-refractivity contribution is 6.31. The van der Waals surface area contributed by atoms with Gasteiger partial charge in [0, 0.05) is 13.5 Å². The Hall–Kier alpha value is -0.540. The van der Waals surface area contributed by atoms with E-state index in [1.54, 1.807) is 0 Å². The van der Waals surface area contributed by atoms with Crippen molar-refractivity contribution in [1.82, 2.24) is 9.78 Å². The number of aryl methyl sites for hydroxylation is 2. The molecule has 1 aliphatic carbocycles. The lowest BCUT2D eigenvalue weighted by Crippen LogP contribution is -2.22. The van der Waals surface area contributed by atoms with Gasteiger partial charge in [0.25, 0.3) is 0 Å². The Morgan fingerprint density at radius 3 is 2.71 bits per heavy atom. The summed E-state index contributed by atoms with van der Waals surface area (Å²) in [6.45, 7) is 2.04. The van der Waals surface area contributed by atoms with E-state index < -0.39 is 0 Å². The molecule has 4 heteroatoms. The summed E-state index contributed by atoms with van der Waals surface area (Å²) < 4.78 is 1.81. The highest BCUT2D eigenvalue weighted by atomic mass is 35.5. The molecule has 0 spiro atoms. The van der Waals surface area contributed by atoms with Crippen LogP contribution < -0.4 is 0 Å². The van der Waals surface area contributed by atoms with Crippen LogP contribution in [0, 0.1) is 5.92 Å². The molecule has 17 heavy (non-hydrogen) atoms. The van der Waals surface area contributed by atoms with E-state index in [-0.39, 0.29) is 6.10 Å². The molecule has 0 bridgehead atoms. The van der Waals surface area contributed by atoms with Crippen molar-refractivity contribution in [3.8, 4) is 0 Å². The Morgan fingerprint density at radius 1 is 1.53 bits per heavy atom. The number of rotatable bonds is 5. The van der Waals surface area contributed by atoms with Gasteiger partial charge in [-0.1, -0.05) is 37.8 Å². The number of aliphatic hydroxyl groups excluding tert-OH is 1. The standard InChI is InChI=1S/C13H21ClN2O/c1-3-11-13(14)12(16(2)15-11)8-10(17)7-9-5-4-6-9/h9-10,17H,3-8H2,1-2H3. The molecule has 1 atom stereocenters. The molecule has 0 amide bonds. The Kier molecular flexibility index (Phi) is 4.10. The molecule has 0 radical (unpaired) electrons. The van der Waals surface area contributed by atoms with Crippen LogP contribution in [0.5, 0.6) is 0 Å². The zero-order chi connectivity index (χ0) is 12.4. The molecule has 1 aliphatic rings. The lowest BCUT2D eigenvalue weighted by Gasteiger charge is -2.27. The van der Waals surface area contributed by atoms with Crippen molar-refractivity contribution < 1.29 is 5.11 Å². The molecule has 1 saturated carbocycles. The maximum Gasteiger partial charge on any atom is 0.0850 e. The van der Waals surface area contributed by atoms with Gasteiger partial charge in [-0.25, -0.2) is 0 Å². The summed E-state index contributed by atoms with van der Waals surface area (Å²) in [6, 6.07) is 0. The topological polar surface area (TPSA) is 38.0 Å². The van der Waals surface area contributed by atoms with E-state index in [9.17, 15) is 5.11 Å². The van der Waals surface area contributed by atoms with Crippen molar-refractivity contribution in [2.45, 2.75) is 51.6 Å². The number of halogens is 1. The molecule has 0 saturated heterocycles. The Balaban J connectivity index is 1.99. The van der Waals surface area contributed by atoms with E-state index in [1.807, 2.05) is 18.7 Å². The summed E-state index contributed by atoms with van der Waals surface area (Å²) in [5, 5.41) is 15.2. The summed E-state index contributed by atoms with van der Waals surface area (Å²) in [5.41, 5.74) is 1.90. The van der Waals surface area contributed by atoms with Gasteiger partial charge in [0.2, 0.25) is 0 Å². The van der Waals surface area contributed by atoms with Crippen LogP contribution in [0.15, 0.2) is 0 Å². The first kappa shape index (κ1) is 12.9. The Morgan fingerprint density at radius 2 is 2.24 bits per heavy atom. The summed E-state index contributed by atoms with van der Waals surface area (Å²) in [6.07, 6.45) is 5.96. The first-order valence-electron chi connectivity index (χ1n) is 6.50. The highest BCUT2D eigenvalue weighted by Gasteiger charge is 2.23. The van der Waals surface area contributed by atoms with E-state index in [0.717, 1.165) is 35.2 Å². The lowest BCUT2D eigenvalue weighted by atomic mass is 9.81. The maximum absolute atomic E-state index is 10.1. The van der Waals surface area contributed by atoms with Crippen LogP contribution in [0.4, 0.5) is 0 Å². The van der Waals surface area contributed by atoms with Crippen molar-refractivity contribution in [2.75, 3.05) is 0 Å². The van der Waals surface area contributed by atoms with Gasteiger partial charge >= 0.3 is 0 Å². The van der Waals surface area contributed by atoms with Crippen molar-refractivity contribution in [3.63, 3.8) is 0 Å². The maximum atomic E-state index is 10.1. The van der Waals surface area contributed by atoms with Gasteiger partial charge in [0.05, 0.1) is 22.5 Å². The first-order chi connectivity index (χ1) is 8.11. The average Bonchev–Trinajstić information content (AvgIpc) is 2.51. The van der Waals surface area contributed by atoms with Crippen molar-refractivity contribution in [3.05, 3.63) is 16.4 Å². The lowest BCUT2D eigenvalue weighted by molar-refractivity contribution is 0.116. The number of aromatic nitrogens is 2. The van der Waals surface area contributed by atoms with Crippen LogP contribution in [0.25, 0.3) is 0 Å². The summed E-state index contributed by atoms with van der Waals surface area (Å²) in [5.74, 6) is 0.725. The third-order valence-electron chi connectivity index (χ3n) is 3.76. The van der Waals surface area contributed by atoms with E-state index in [2.05, 4.69) is 5.10 Å². The average molecular weight is 257 g/mol. The second-order valence-electron chi connectivity index (χ2n) is 5.08. The zero-order valence-electron chi connectivity index (χ0n) is 10.6. The van der Waals surface area contributed by atoms with Crippen LogP contribution in [0.2, 0.25) is 5.02 Å². The Bertz CT molecular complexity index is 385. The van der Waals surface area contributed by atoms with Gasteiger partial charge < -0.3 is 5.11 Å². The van der Waals surface area contributed by atoms with Crippen LogP contribution >= 0.6 is 11.6 Å². The fraction of sp³-hybridized carbons (Fsp3) is 0.769. The third-order valence-corrected chi connectivity index (χ3v) is 4.20. The molecule has 1 unspecified atom stereocenters. The van der Waals surface area contributed by atoms with E-state index in [0.29, 0.717) is 6.42 Å². The monoisotopic (exact) mass is 256 g/mol. The second kappa shape index (κ2) is 5.40. The summed E-state index contributed by atoms with van der Waals surface area (Å²) in [7, 11) is 1.90. The minimum atomic E-state index is -0.280. The molecule has 96 valence electrons. The molecule has 1 heterocycles. The molecule has 3 nitrogen and oxygen atoms in total. The molecule has 0 aliphatic heterocycles. The van der Waals surface area contributed by atoms with Crippen LogP contribution in [0.1, 0.15) is 44.0 Å². The van der Waals surface area contributed by atoms with E-state index in [1.165, 1.54) is 19.3 Å². The fourth-order valence-electron chi connectivity index (χ4n) is 2.46. The van der Waals surface area contributed by atoms with Crippen LogP contribution in [-0.2, 0) is 19.9 Å². The minimum Gasteiger partial charge on any atom is -0.393 e. The summed E-state index contributed by atoms with van der Waals surface area (Å²) >= 11 is 6.26. The molecule has 1 N–H and O–H groups in total. The van der Waals surface area contributed by atoms with E-state index >= 15 is 0 Å². The Labute approximate surface area is 108 Å². The number of hydrogen-bond donors (Lipinski definition) is 1. The van der Waals surface area contributed by atoms with Gasteiger partial charge in [-0.15, -0.1) is 0 Å². The fourth-order valence-corrected chi connectivity index (χ4v) is 2.83. The number of hydrogen-bond acceptors (Lipinski definition) is 2. The second-order valence-corrected chi connectivity index (χ2v) is 5.45. The largest absolute Gasteiger partial charge is 0.393 e. The highest BCUT2D eigenvalue weighted by Crippen LogP contribution is 2.31. The molecular formula is C13H21ClN2O. The number of nitrogens with zero attached hydrogens (tertiary/aromatic N) is 2. The molecule has 1 aromatic heterocycles. The SMILES string of the molecule is CCc1nn(C)c(CC(O)CC2CCC2)c1Cl. The van der Waals surface area contributed by atoms with Gasteiger partial charge in [-0.3, -0.25) is 4.68 Å².